The van der Waals surface area contributed by atoms with E-state index in [-0.39, 0.29) is 23.8 Å². The van der Waals surface area contributed by atoms with Crippen molar-refractivity contribution >= 4 is 6.03 Å². The minimum absolute atomic E-state index is 0.0170. The molecule has 1 N–H and O–H groups in total. The van der Waals surface area contributed by atoms with Gasteiger partial charge in [0.25, 0.3) is 0 Å². The van der Waals surface area contributed by atoms with E-state index in [0.717, 1.165) is 12.0 Å². The Morgan fingerprint density at radius 1 is 1.42 bits per heavy atom. The number of carbonyl (C=O) groups excluding carboxylic acids is 1. The first kappa shape index (κ1) is 16.4. The predicted molar refractivity (Wildman–Crippen MR) is 86.0 cm³/mol. The predicted octanol–water partition coefficient (Wildman–Crippen LogP) is 3.03. The van der Waals surface area contributed by atoms with Gasteiger partial charge < -0.3 is 14.7 Å². The van der Waals surface area contributed by atoms with Gasteiger partial charge in [-0.3, -0.25) is 0 Å². The van der Waals surface area contributed by atoms with Crippen LogP contribution in [0.2, 0.25) is 0 Å². The maximum atomic E-state index is 13.0. The van der Waals surface area contributed by atoms with E-state index in [9.17, 15) is 9.18 Å². The molecule has 2 aromatic rings. The van der Waals surface area contributed by atoms with E-state index in [4.69, 9.17) is 4.52 Å². The van der Waals surface area contributed by atoms with Crippen molar-refractivity contribution in [2.24, 2.45) is 0 Å². The summed E-state index contributed by atoms with van der Waals surface area (Å²) in [5, 5.41) is 6.77. The molecule has 0 spiro atoms. The van der Waals surface area contributed by atoms with E-state index >= 15 is 0 Å². The van der Waals surface area contributed by atoms with Crippen molar-refractivity contribution in [3.8, 4) is 0 Å². The Kier molecular flexibility index (Phi) is 4.78. The fourth-order valence-corrected chi connectivity index (χ4v) is 2.65. The van der Waals surface area contributed by atoms with Gasteiger partial charge >= 0.3 is 6.03 Å². The topological polar surface area (TPSA) is 71.3 Å². The molecule has 1 aliphatic heterocycles. The quantitative estimate of drug-likeness (QED) is 0.913. The lowest BCUT2D eigenvalue weighted by molar-refractivity contribution is 0.115. The minimum Gasteiger partial charge on any atom is -0.339 e. The molecule has 0 bridgehead atoms. The van der Waals surface area contributed by atoms with Gasteiger partial charge in [-0.1, -0.05) is 31.1 Å². The number of rotatable bonds is 5. The zero-order valence-corrected chi connectivity index (χ0v) is 13.8. The summed E-state index contributed by atoms with van der Waals surface area (Å²) in [6.45, 7) is 5.12. The first-order valence-electron chi connectivity index (χ1n) is 8.17. The number of urea groups is 1. The van der Waals surface area contributed by atoms with Crippen LogP contribution in [0.4, 0.5) is 9.18 Å². The molecular formula is C17H21FN4O2. The fourth-order valence-electron chi connectivity index (χ4n) is 2.65. The molecule has 1 aliphatic rings. The second-order valence-electron chi connectivity index (χ2n) is 6.23. The van der Waals surface area contributed by atoms with Crippen LogP contribution in [0.15, 0.2) is 28.8 Å². The van der Waals surface area contributed by atoms with E-state index in [2.05, 4.69) is 15.5 Å². The van der Waals surface area contributed by atoms with Gasteiger partial charge in [0.05, 0.1) is 6.04 Å². The molecule has 1 aromatic carbocycles. The summed E-state index contributed by atoms with van der Waals surface area (Å²) >= 11 is 0. The van der Waals surface area contributed by atoms with Gasteiger partial charge in [0.2, 0.25) is 5.89 Å². The highest BCUT2D eigenvalue weighted by Crippen LogP contribution is 2.33. The molecule has 1 fully saturated rings. The average Bonchev–Trinajstić information content (AvgIpc) is 2.97. The summed E-state index contributed by atoms with van der Waals surface area (Å²) in [5.74, 6) is 1.13. The summed E-state index contributed by atoms with van der Waals surface area (Å²) in [6, 6.07) is 6.20. The highest BCUT2D eigenvalue weighted by Gasteiger charge is 2.33. The second kappa shape index (κ2) is 6.98. The molecule has 3 rings (SSSR count). The maximum absolute atomic E-state index is 13.0. The van der Waals surface area contributed by atoms with Crippen LogP contribution in [0.5, 0.6) is 0 Å². The SMILES string of the molecule is CC(C)c1nc(CCNC(=O)N2CCC2c2ccc(F)cc2)no1. The van der Waals surface area contributed by atoms with E-state index in [1.54, 1.807) is 17.0 Å². The Morgan fingerprint density at radius 2 is 2.17 bits per heavy atom. The van der Waals surface area contributed by atoms with Crippen LogP contribution < -0.4 is 5.32 Å². The first-order chi connectivity index (χ1) is 11.5. The number of likely N-dealkylation sites (tertiary alicyclic amines) is 1. The van der Waals surface area contributed by atoms with Gasteiger partial charge in [0.15, 0.2) is 5.82 Å². The normalized spacial score (nSPS) is 17.0. The van der Waals surface area contributed by atoms with Crippen molar-refractivity contribution in [2.45, 2.75) is 38.6 Å². The summed E-state index contributed by atoms with van der Waals surface area (Å²) in [7, 11) is 0. The van der Waals surface area contributed by atoms with Crippen LogP contribution in [0.1, 0.15) is 49.5 Å². The number of aromatic nitrogens is 2. The van der Waals surface area contributed by atoms with Crippen LogP contribution in [-0.2, 0) is 6.42 Å². The van der Waals surface area contributed by atoms with Crippen LogP contribution in [0.3, 0.4) is 0 Å². The van der Waals surface area contributed by atoms with Gasteiger partial charge in [0, 0.05) is 25.4 Å². The van der Waals surface area contributed by atoms with Gasteiger partial charge in [-0.15, -0.1) is 0 Å². The average molecular weight is 332 g/mol. The van der Waals surface area contributed by atoms with Crippen LogP contribution >= 0.6 is 0 Å². The third-order valence-corrected chi connectivity index (χ3v) is 4.14. The molecule has 7 heteroatoms. The zero-order valence-electron chi connectivity index (χ0n) is 13.8. The monoisotopic (exact) mass is 332 g/mol. The standard InChI is InChI=1S/C17H21FN4O2/c1-11(2)16-20-15(21-24-16)7-9-19-17(23)22-10-8-14(22)12-3-5-13(18)6-4-12/h3-6,11,14H,7-10H2,1-2H3,(H,19,23). The molecule has 0 saturated carbocycles. The van der Waals surface area contributed by atoms with Gasteiger partial charge in [-0.25, -0.2) is 9.18 Å². The molecule has 1 aromatic heterocycles. The van der Waals surface area contributed by atoms with E-state index in [0.29, 0.717) is 31.2 Å². The number of nitrogens with zero attached hydrogens (tertiary/aromatic N) is 3. The van der Waals surface area contributed by atoms with Crippen LogP contribution in [-0.4, -0.2) is 34.2 Å². The second-order valence-corrected chi connectivity index (χ2v) is 6.23. The lowest BCUT2D eigenvalue weighted by Crippen LogP contribution is -2.50. The van der Waals surface area contributed by atoms with Crippen LogP contribution in [0, 0.1) is 5.82 Å². The Bertz CT molecular complexity index is 699. The Labute approximate surface area is 140 Å². The number of amides is 2. The molecule has 24 heavy (non-hydrogen) atoms. The Morgan fingerprint density at radius 3 is 2.75 bits per heavy atom. The van der Waals surface area contributed by atoms with Gasteiger partial charge in [0.1, 0.15) is 5.82 Å². The third kappa shape index (κ3) is 3.55. The summed E-state index contributed by atoms with van der Waals surface area (Å²) in [5.41, 5.74) is 0.956. The first-order valence-corrected chi connectivity index (χ1v) is 8.17. The lowest BCUT2D eigenvalue weighted by Gasteiger charge is -2.41. The molecule has 1 atom stereocenters. The largest absolute Gasteiger partial charge is 0.339 e. The highest BCUT2D eigenvalue weighted by molar-refractivity contribution is 5.75. The van der Waals surface area contributed by atoms with E-state index in [1.165, 1.54) is 12.1 Å². The number of carbonyl (C=O) groups is 1. The number of hydrogen-bond donors (Lipinski definition) is 1. The maximum Gasteiger partial charge on any atom is 0.317 e. The molecule has 2 heterocycles. The number of nitrogens with one attached hydrogen (secondary N) is 1. The molecule has 1 unspecified atom stereocenters. The van der Waals surface area contributed by atoms with Crippen molar-refractivity contribution in [1.29, 1.82) is 0 Å². The molecule has 6 nitrogen and oxygen atoms in total. The number of benzene rings is 1. The van der Waals surface area contributed by atoms with Gasteiger partial charge in [-0.05, 0) is 24.1 Å². The minimum atomic E-state index is -0.269. The fraction of sp³-hybridized carbons (Fsp3) is 0.471. The van der Waals surface area contributed by atoms with Crippen molar-refractivity contribution in [3.05, 3.63) is 47.4 Å². The van der Waals surface area contributed by atoms with Crippen molar-refractivity contribution in [2.75, 3.05) is 13.1 Å². The molecule has 0 aliphatic carbocycles. The molecule has 0 radical (unpaired) electrons. The molecular weight excluding hydrogens is 311 g/mol. The van der Waals surface area contributed by atoms with Gasteiger partial charge in [-0.2, -0.15) is 4.98 Å². The summed E-state index contributed by atoms with van der Waals surface area (Å²) in [6.07, 6.45) is 1.42. The van der Waals surface area contributed by atoms with Crippen molar-refractivity contribution < 1.29 is 13.7 Å². The molecule has 2 amide bonds. The molecule has 128 valence electrons. The summed E-state index contributed by atoms with van der Waals surface area (Å²) < 4.78 is 18.1. The van der Waals surface area contributed by atoms with Crippen molar-refractivity contribution in [1.82, 2.24) is 20.4 Å². The number of hydrogen-bond acceptors (Lipinski definition) is 4. The van der Waals surface area contributed by atoms with E-state index in [1.807, 2.05) is 13.8 Å². The zero-order chi connectivity index (χ0) is 17.1. The number of halogens is 1. The smallest absolute Gasteiger partial charge is 0.317 e. The van der Waals surface area contributed by atoms with Crippen LogP contribution in [0.25, 0.3) is 0 Å². The van der Waals surface area contributed by atoms with E-state index < -0.39 is 0 Å². The van der Waals surface area contributed by atoms with Crippen molar-refractivity contribution in [3.63, 3.8) is 0 Å². The Balaban J connectivity index is 1.49. The molecule has 1 saturated heterocycles. The summed E-state index contributed by atoms with van der Waals surface area (Å²) in [4.78, 5) is 18.3. The third-order valence-electron chi connectivity index (χ3n) is 4.14. The highest BCUT2D eigenvalue weighted by atomic mass is 19.1. The Hall–Kier alpha value is -2.44. The lowest BCUT2D eigenvalue weighted by atomic mass is 9.95.